The maximum Gasteiger partial charge on any atom is 0.169 e. The quantitative estimate of drug-likeness (QED) is 0.889. The van der Waals surface area contributed by atoms with E-state index in [1.54, 1.807) is 6.07 Å². The number of hydrogen-bond acceptors (Lipinski definition) is 4. The minimum atomic E-state index is -0.809. The number of aryl methyl sites for hydroxylation is 1. The second-order valence-corrected chi connectivity index (χ2v) is 4.79. The molecule has 1 aliphatic rings. The highest BCUT2D eigenvalue weighted by atomic mass is 16.3. The third kappa shape index (κ3) is 2.15. The number of carbonyl (C=O) groups is 1. The molecule has 1 heterocycles. The summed E-state index contributed by atoms with van der Waals surface area (Å²) in [5, 5.41) is 17.8. The van der Waals surface area contributed by atoms with Crippen LogP contribution in [0.1, 0.15) is 34.0 Å². The molecule has 0 aliphatic heterocycles. The van der Waals surface area contributed by atoms with Crippen molar-refractivity contribution in [3.63, 3.8) is 0 Å². The number of aliphatic hydroxyl groups is 1. The molecule has 0 bridgehead atoms. The standard InChI is InChI=1S/C15H14N2O2/c18-14(11-7-8-16-17-9-11)13-6-5-10-3-1-2-4-12(10)15(13)19/h1-4,7-9,13-14,18H,5-6H2/t13-,14+/m1/s1. The van der Waals surface area contributed by atoms with Crippen molar-refractivity contribution in [1.29, 1.82) is 0 Å². The zero-order chi connectivity index (χ0) is 13.2. The van der Waals surface area contributed by atoms with Gasteiger partial charge in [-0.15, -0.1) is 0 Å². The van der Waals surface area contributed by atoms with Crippen LogP contribution in [0.2, 0.25) is 0 Å². The van der Waals surface area contributed by atoms with Gasteiger partial charge in [-0.05, 0) is 24.5 Å². The van der Waals surface area contributed by atoms with Crippen LogP contribution in [0.5, 0.6) is 0 Å². The highest BCUT2D eigenvalue weighted by Crippen LogP contribution is 2.33. The van der Waals surface area contributed by atoms with E-state index in [-0.39, 0.29) is 11.7 Å². The van der Waals surface area contributed by atoms with Crippen LogP contribution in [0, 0.1) is 5.92 Å². The summed E-state index contributed by atoms with van der Waals surface area (Å²) in [6.45, 7) is 0. The summed E-state index contributed by atoms with van der Waals surface area (Å²) in [6.07, 6.45) is 3.72. The molecule has 0 amide bonds. The van der Waals surface area contributed by atoms with E-state index in [9.17, 15) is 9.90 Å². The maximum absolute atomic E-state index is 12.4. The van der Waals surface area contributed by atoms with Crippen molar-refractivity contribution in [2.24, 2.45) is 5.92 Å². The topological polar surface area (TPSA) is 63.1 Å². The fourth-order valence-electron chi connectivity index (χ4n) is 2.63. The normalized spacial score (nSPS) is 19.8. The summed E-state index contributed by atoms with van der Waals surface area (Å²) in [4.78, 5) is 12.4. The van der Waals surface area contributed by atoms with Crippen molar-refractivity contribution >= 4 is 5.78 Å². The average molecular weight is 254 g/mol. The first-order valence-corrected chi connectivity index (χ1v) is 6.34. The van der Waals surface area contributed by atoms with Crippen molar-refractivity contribution in [1.82, 2.24) is 10.2 Å². The summed E-state index contributed by atoms with van der Waals surface area (Å²) < 4.78 is 0. The van der Waals surface area contributed by atoms with Gasteiger partial charge in [0.1, 0.15) is 0 Å². The van der Waals surface area contributed by atoms with E-state index < -0.39 is 6.10 Å². The Morgan fingerprint density at radius 3 is 2.84 bits per heavy atom. The molecule has 1 aromatic heterocycles. The van der Waals surface area contributed by atoms with Gasteiger partial charge in [0.05, 0.1) is 18.2 Å². The third-order valence-electron chi connectivity index (χ3n) is 3.67. The molecule has 0 saturated carbocycles. The first-order valence-electron chi connectivity index (χ1n) is 6.34. The molecule has 1 aliphatic carbocycles. The molecular formula is C15H14N2O2. The molecule has 4 nitrogen and oxygen atoms in total. The lowest BCUT2D eigenvalue weighted by Gasteiger charge is -2.27. The Kier molecular flexibility index (Phi) is 3.09. The van der Waals surface area contributed by atoms with Gasteiger partial charge < -0.3 is 5.11 Å². The fraction of sp³-hybridized carbons (Fsp3) is 0.267. The van der Waals surface area contributed by atoms with Crippen molar-refractivity contribution in [2.75, 3.05) is 0 Å². The van der Waals surface area contributed by atoms with Gasteiger partial charge in [-0.25, -0.2) is 0 Å². The van der Waals surface area contributed by atoms with Gasteiger partial charge in [0.2, 0.25) is 0 Å². The number of benzene rings is 1. The summed E-state index contributed by atoms with van der Waals surface area (Å²) >= 11 is 0. The van der Waals surface area contributed by atoms with Gasteiger partial charge >= 0.3 is 0 Å². The minimum Gasteiger partial charge on any atom is -0.388 e. The smallest absolute Gasteiger partial charge is 0.169 e. The van der Waals surface area contributed by atoms with Gasteiger partial charge in [-0.3, -0.25) is 4.79 Å². The van der Waals surface area contributed by atoms with E-state index >= 15 is 0 Å². The molecule has 0 spiro atoms. The van der Waals surface area contributed by atoms with E-state index in [0.29, 0.717) is 12.0 Å². The number of ketones is 1. The molecule has 2 atom stereocenters. The lowest BCUT2D eigenvalue weighted by molar-refractivity contribution is 0.0636. The molecule has 2 aromatic rings. The number of rotatable bonds is 2. The maximum atomic E-state index is 12.4. The van der Waals surface area contributed by atoms with E-state index in [0.717, 1.165) is 17.5 Å². The summed E-state index contributed by atoms with van der Waals surface area (Å²) in [7, 11) is 0. The Bertz CT molecular complexity index is 598. The summed E-state index contributed by atoms with van der Waals surface area (Å²) in [6, 6.07) is 9.31. The number of hydrogen-bond donors (Lipinski definition) is 1. The second-order valence-electron chi connectivity index (χ2n) is 4.79. The molecule has 0 radical (unpaired) electrons. The van der Waals surface area contributed by atoms with Crippen LogP contribution >= 0.6 is 0 Å². The molecular weight excluding hydrogens is 240 g/mol. The zero-order valence-electron chi connectivity index (χ0n) is 10.4. The largest absolute Gasteiger partial charge is 0.388 e. The Morgan fingerprint density at radius 2 is 2.05 bits per heavy atom. The summed E-state index contributed by atoms with van der Waals surface area (Å²) in [5.41, 5.74) is 2.45. The van der Waals surface area contributed by atoms with Crippen LogP contribution in [0.25, 0.3) is 0 Å². The van der Waals surface area contributed by atoms with Crippen molar-refractivity contribution in [3.8, 4) is 0 Å². The molecule has 0 fully saturated rings. The number of Topliss-reactive ketones (excluding diaryl/α,β-unsaturated/α-hetero) is 1. The number of fused-ring (bicyclic) bond motifs is 1. The van der Waals surface area contributed by atoms with Gasteiger partial charge in [-0.2, -0.15) is 10.2 Å². The predicted molar refractivity (Wildman–Crippen MR) is 69.6 cm³/mol. The first kappa shape index (κ1) is 12.0. The third-order valence-corrected chi connectivity index (χ3v) is 3.67. The molecule has 3 rings (SSSR count). The fourth-order valence-corrected chi connectivity index (χ4v) is 2.63. The van der Waals surface area contributed by atoms with Gasteiger partial charge in [0.25, 0.3) is 0 Å². The lowest BCUT2D eigenvalue weighted by atomic mass is 9.78. The Labute approximate surface area is 111 Å². The highest BCUT2D eigenvalue weighted by molar-refractivity contribution is 6.00. The zero-order valence-corrected chi connectivity index (χ0v) is 10.4. The van der Waals surface area contributed by atoms with E-state index in [1.165, 1.54) is 12.4 Å². The van der Waals surface area contributed by atoms with Crippen LogP contribution in [-0.2, 0) is 6.42 Å². The highest BCUT2D eigenvalue weighted by Gasteiger charge is 2.33. The van der Waals surface area contributed by atoms with Gasteiger partial charge in [0, 0.05) is 17.3 Å². The molecule has 96 valence electrons. The number of carbonyl (C=O) groups excluding carboxylic acids is 1. The van der Waals surface area contributed by atoms with Crippen LogP contribution in [0.4, 0.5) is 0 Å². The molecule has 1 aromatic carbocycles. The Morgan fingerprint density at radius 1 is 1.21 bits per heavy atom. The number of nitrogens with zero attached hydrogens (tertiary/aromatic N) is 2. The van der Waals surface area contributed by atoms with E-state index in [1.807, 2.05) is 24.3 Å². The summed E-state index contributed by atoms with van der Waals surface area (Å²) in [5.74, 6) is -0.370. The van der Waals surface area contributed by atoms with Crippen molar-refractivity contribution in [2.45, 2.75) is 18.9 Å². The minimum absolute atomic E-state index is 0.0196. The lowest BCUT2D eigenvalue weighted by Crippen LogP contribution is -2.28. The second kappa shape index (κ2) is 4.90. The monoisotopic (exact) mass is 254 g/mol. The molecule has 0 saturated heterocycles. The van der Waals surface area contributed by atoms with Gasteiger partial charge in [-0.1, -0.05) is 24.3 Å². The SMILES string of the molecule is O=C1c2ccccc2CC[C@@H]1[C@@H](O)c1ccnnc1. The van der Waals surface area contributed by atoms with Crippen LogP contribution in [-0.4, -0.2) is 21.1 Å². The number of aromatic nitrogens is 2. The van der Waals surface area contributed by atoms with Crippen molar-refractivity contribution < 1.29 is 9.90 Å². The van der Waals surface area contributed by atoms with Crippen LogP contribution < -0.4 is 0 Å². The van der Waals surface area contributed by atoms with Crippen LogP contribution in [0.15, 0.2) is 42.7 Å². The number of aliphatic hydroxyl groups excluding tert-OH is 1. The predicted octanol–water partition coefficient (Wildman–Crippen LogP) is 1.96. The molecule has 0 unspecified atom stereocenters. The molecule has 4 heteroatoms. The molecule has 19 heavy (non-hydrogen) atoms. The Hall–Kier alpha value is -2.07. The Balaban J connectivity index is 1.90. The van der Waals surface area contributed by atoms with Crippen LogP contribution in [0.3, 0.4) is 0 Å². The van der Waals surface area contributed by atoms with E-state index in [4.69, 9.17) is 0 Å². The van der Waals surface area contributed by atoms with Gasteiger partial charge in [0.15, 0.2) is 5.78 Å². The molecule has 1 N–H and O–H groups in total. The first-order chi connectivity index (χ1) is 9.27. The average Bonchev–Trinajstić information content (AvgIpc) is 2.48. The van der Waals surface area contributed by atoms with Crippen molar-refractivity contribution in [3.05, 3.63) is 59.4 Å². The van der Waals surface area contributed by atoms with E-state index in [2.05, 4.69) is 10.2 Å².